The molecule has 0 atom stereocenters. The molecular formula is C57H59N9O. The van der Waals surface area contributed by atoms with Crippen LogP contribution in [0.15, 0.2) is 163 Å². The Hall–Kier alpha value is -7.42. The number of nitrogens with zero attached hydrogens (tertiary/aromatic N) is 9. The highest BCUT2D eigenvalue weighted by Gasteiger charge is 2.39. The molecule has 0 radical (unpaired) electrons. The molecule has 10 heteroatoms. The first-order valence-corrected chi connectivity index (χ1v) is 22.8. The number of hydrogen-bond donors (Lipinski definition) is 0. The van der Waals surface area contributed by atoms with E-state index in [1.165, 1.54) is 33.4 Å². The molecule has 4 aromatic carbocycles. The van der Waals surface area contributed by atoms with E-state index in [0.717, 1.165) is 50.9 Å². The normalized spacial score (nSPS) is 12.1. The van der Waals surface area contributed by atoms with Crippen LogP contribution in [0.1, 0.15) is 118 Å². The van der Waals surface area contributed by atoms with Gasteiger partial charge in [-0.2, -0.15) is 0 Å². The topological polar surface area (TPSA) is 127 Å². The van der Waals surface area contributed by atoms with Gasteiger partial charge in [-0.25, -0.2) is 9.67 Å². The number of aromatic nitrogens is 6. The Kier molecular flexibility index (Phi) is 13.0. The van der Waals surface area contributed by atoms with Crippen LogP contribution in [0.2, 0.25) is 0 Å². The smallest absolute Gasteiger partial charge is 0.134 e. The van der Waals surface area contributed by atoms with Crippen molar-refractivity contribution in [3.8, 4) is 28.5 Å². The van der Waals surface area contributed by atoms with E-state index in [4.69, 9.17) is 20.2 Å². The summed E-state index contributed by atoms with van der Waals surface area (Å²) in [4.78, 5) is 16.8. The van der Waals surface area contributed by atoms with Crippen molar-refractivity contribution in [1.82, 2.24) is 29.9 Å². The fraction of sp³-hybridized carbons (Fsp3) is 0.281. The standard InChI is InChI=1S/C57H59N9O/c1-54(2,3)41-15-21-44(22-16-41)57(45-23-17-42(18-24-45)55(4,5)6,46-25-19-43(20-26-46)56(7,8)9)47-27-29-49(30-28-47)67-38-48-37-66(65-63-48)36-40-14-32-51(60-34-40)53-12-10-11-52(62-53)50-31-13-39(33-59-50)35-61-64-58/h10-34,37H,35-36,38H2,1-9H3. The molecule has 0 saturated heterocycles. The number of rotatable bonds is 13. The predicted molar refractivity (Wildman–Crippen MR) is 268 cm³/mol. The zero-order valence-corrected chi connectivity index (χ0v) is 40.1. The van der Waals surface area contributed by atoms with Gasteiger partial charge in [-0.3, -0.25) is 9.97 Å². The first kappa shape index (κ1) is 46.1. The van der Waals surface area contributed by atoms with Crippen LogP contribution in [0.25, 0.3) is 33.2 Å². The molecular weight excluding hydrogens is 827 g/mol. The zero-order valence-electron chi connectivity index (χ0n) is 40.1. The number of azide groups is 1. The van der Waals surface area contributed by atoms with E-state index in [0.29, 0.717) is 6.54 Å². The Morgan fingerprint density at radius 3 is 1.37 bits per heavy atom. The molecule has 8 aromatic rings. The maximum atomic E-state index is 8.61. The Balaban J connectivity index is 1.02. The van der Waals surface area contributed by atoms with Crippen molar-refractivity contribution in [1.29, 1.82) is 0 Å². The van der Waals surface area contributed by atoms with Crippen LogP contribution in [-0.4, -0.2) is 29.9 Å². The lowest BCUT2D eigenvalue weighted by atomic mass is 9.64. The third-order valence-electron chi connectivity index (χ3n) is 12.4. The third kappa shape index (κ3) is 10.4. The number of benzene rings is 4. The van der Waals surface area contributed by atoms with Gasteiger partial charge in [0.2, 0.25) is 0 Å². The highest BCUT2D eigenvalue weighted by atomic mass is 16.5. The van der Waals surface area contributed by atoms with Crippen LogP contribution in [0, 0.1) is 0 Å². The van der Waals surface area contributed by atoms with E-state index in [2.05, 4.69) is 185 Å². The molecule has 8 rings (SSSR count). The van der Waals surface area contributed by atoms with Gasteiger partial charge in [0.1, 0.15) is 18.1 Å². The van der Waals surface area contributed by atoms with Crippen molar-refractivity contribution in [3.05, 3.63) is 224 Å². The lowest BCUT2D eigenvalue weighted by Crippen LogP contribution is -2.31. The summed E-state index contributed by atoms with van der Waals surface area (Å²) in [7, 11) is 0. The number of pyridine rings is 3. The minimum Gasteiger partial charge on any atom is -0.487 e. The zero-order chi connectivity index (χ0) is 47.4. The van der Waals surface area contributed by atoms with Crippen molar-refractivity contribution in [2.75, 3.05) is 0 Å². The molecule has 0 unspecified atom stereocenters. The van der Waals surface area contributed by atoms with E-state index in [9.17, 15) is 0 Å². The predicted octanol–water partition coefficient (Wildman–Crippen LogP) is 13.5. The fourth-order valence-corrected chi connectivity index (χ4v) is 8.46. The maximum Gasteiger partial charge on any atom is 0.134 e. The van der Waals surface area contributed by atoms with Gasteiger partial charge in [-0.1, -0.05) is 176 Å². The minimum atomic E-state index is -0.612. The Labute approximate surface area is 394 Å². The molecule has 0 aliphatic carbocycles. The van der Waals surface area contributed by atoms with Gasteiger partial charge in [0, 0.05) is 17.3 Å². The summed E-state index contributed by atoms with van der Waals surface area (Å²) in [5.41, 5.74) is 22.2. The molecule has 0 aliphatic rings. The largest absolute Gasteiger partial charge is 0.487 e. The molecule has 10 nitrogen and oxygen atoms in total. The van der Waals surface area contributed by atoms with Crippen molar-refractivity contribution in [2.45, 2.75) is 104 Å². The molecule has 4 heterocycles. The molecule has 0 fully saturated rings. The minimum absolute atomic E-state index is 0.0230. The van der Waals surface area contributed by atoms with Gasteiger partial charge >= 0.3 is 0 Å². The van der Waals surface area contributed by atoms with Gasteiger partial charge in [0.25, 0.3) is 0 Å². The fourth-order valence-electron chi connectivity index (χ4n) is 8.46. The van der Waals surface area contributed by atoms with Crippen molar-refractivity contribution < 1.29 is 4.74 Å². The second-order valence-electron chi connectivity index (χ2n) is 20.4. The van der Waals surface area contributed by atoms with Crippen LogP contribution in [0.5, 0.6) is 5.75 Å². The van der Waals surface area contributed by atoms with Crippen molar-refractivity contribution in [2.24, 2.45) is 5.11 Å². The highest BCUT2D eigenvalue weighted by Crippen LogP contribution is 2.47. The SMILES string of the molecule is CC(C)(C)c1ccc(C(c2ccc(OCc3cn(Cc4ccc(-c5cccc(-c6ccc(CN=[N+]=[N-])cn6)n5)nc4)nn3)cc2)(c2ccc(C(C)(C)C)cc2)c2ccc(C(C)(C)C)cc2)cc1. The first-order chi connectivity index (χ1) is 32.0. The Morgan fingerprint density at radius 2 is 0.955 bits per heavy atom. The average molecular weight is 886 g/mol. The summed E-state index contributed by atoms with van der Waals surface area (Å²) < 4.78 is 8.17. The summed E-state index contributed by atoms with van der Waals surface area (Å²) in [5, 5.41) is 12.4. The van der Waals surface area contributed by atoms with E-state index < -0.39 is 5.41 Å². The van der Waals surface area contributed by atoms with Gasteiger partial charge in [-0.15, -0.1) is 5.10 Å². The van der Waals surface area contributed by atoms with Crippen LogP contribution < -0.4 is 4.74 Å². The summed E-state index contributed by atoms with van der Waals surface area (Å²) in [5.74, 6) is 0.747. The molecule has 0 N–H and O–H groups in total. The van der Waals surface area contributed by atoms with Crippen LogP contribution in [0.3, 0.4) is 0 Å². The summed E-state index contributed by atoms with van der Waals surface area (Å²) in [6, 6.07) is 49.8. The summed E-state index contributed by atoms with van der Waals surface area (Å²) in [6.07, 6.45) is 5.44. The molecule has 338 valence electrons. The maximum absolute atomic E-state index is 8.61. The Morgan fingerprint density at radius 1 is 0.522 bits per heavy atom. The lowest BCUT2D eigenvalue weighted by molar-refractivity contribution is 0.301. The molecule has 67 heavy (non-hydrogen) atoms. The molecule has 0 bridgehead atoms. The number of ether oxygens (including phenoxy) is 1. The molecule has 0 amide bonds. The van der Waals surface area contributed by atoms with Crippen molar-refractivity contribution >= 4 is 0 Å². The second-order valence-corrected chi connectivity index (χ2v) is 20.4. The van der Waals surface area contributed by atoms with Gasteiger partial charge in [0.05, 0.1) is 47.5 Å². The van der Waals surface area contributed by atoms with Crippen LogP contribution in [0.4, 0.5) is 0 Å². The molecule has 0 aliphatic heterocycles. The average Bonchev–Trinajstić information content (AvgIpc) is 3.78. The van der Waals surface area contributed by atoms with Crippen molar-refractivity contribution in [3.63, 3.8) is 0 Å². The van der Waals surface area contributed by atoms with E-state index in [-0.39, 0.29) is 29.4 Å². The highest BCUT2D eigenvalue weighted by molar-refractivity contribution is 5.63. The molecule has 4 aromatic heterocycles. The van der Waals surface area contributed by atoms with Crippen LogP contribution >= 0.6 is 0 Å². The monoisotopic (exact) mass is 885 g/mol. The quantitative estimate of drug-likeness (QED) is 0.0491. The lowest BCUT2D eigenvalue weighted by Gasteiger charge is -2.38. The van der Waals surface area contributed by atoms with Gasteiger partial charge in [0.15, 0.2) is 0 Å². The van der Waals surface area contributed by atoms with Crippen LogP contribution in [-0.2, 0) is 41.4 Å². The Bertz CT molecular complexity index is 2830. The van der Waals surface area contributed by atoms with E-state index >= 15 is 0 Å². The van der Waals surface area contributed by atoms with E-state index in [1.807, 2.05) is 54.9 Å². The number of hydrogen-bond acceptors (Lipinski definition) is 7. The van der Waals surface area contributed by atoms with E-state index in [1.54, 1.807) is 10.9 Å². The van der Waals surface area contributed by atoms with Gasteiger partial charge < -0.3 is 4.74 Å². The summed E-state index contributed by atoms with van der Waals surface area (Å²) >= 11 is 0. The first-order valence-electron chi connectivity index (χ1n) is 22.8. The second kappa shape index (κ2) is 18.8. The summed E-state index contributed by atoms with van der Waals surface area (Å²) in [6.45, 7) is 21.4. The molecule has 0 saturated carbocycles. The molecule has 0 spiro atoms. The third-order valence-corrected chi connectivity index (χ3v) is 12.4. The van der Waals surface area contributed by atoms with Gasteiger partial charge in [-0.05, 0) is 108 Å².